The second-order valence-corrected chi connectivity index (χ2v) is 6.42. The lowest BCUT2D eigenvalue weighted by molar-refractivity contribution is -0.139. The summed E-state index contributed by atoms with van der Waals surface area (Å²) < 4.78 is 4.83. The van der Waals surface area contributed by atoms with Crippen LogP contribution in [0, 0.1) is 0 Å². The van der Waals surface area contributed by atoms with E-state index >= 15 is 0 Å². The van der Waals surface area contributed by atoms with E-state index in [4.69, 9.17) is 16.3 Å². The molecule has 0 bridgehead atoms. The Bertz CT molecular complexity index is 732. The van der Waals surface area contributed by atoms with Crippen molar-refractivity contribution in [3.05, 3.63) is 29.5 Å². The van der Waals surface area contributed by atoms with Gasteiger partial charge in [0, 0.05) is 23.7 Å². The van der Waals surface area contributed by atoms with Crippen molar-refractivity contribution in [3.63, 3.8) is 0 Å². The van der Waals surface area contributed by atoms with E-state index in [1.807, 2.05) is 17.0 Å². The maximum atomic E-state index is 11.8. The largest absolute Gasteiger partial charge is 0.468 e. The lowest BCUT2D eigenvalue weighted by Crippen LogP contribution is -2.43. The number of methoxy groups -OCH3 is 1. The summed E-state index contributed by atoms with van der Waals surface area (Å²) in [6, 6.07) is 5.66. The van der Waals surface area contributed by atoms with Crippen LogP contribution in [0.3, 0.4) is 0 Å². The number of hydrogen-bond donors (Lipinski definition) is 1. The average Bonchev–Trinajstić information content (AvgIpc) is 2.59. The van der Waals surface area contributed by atoms with Crippen molar-refractivity contribution in [2.45, 2.75) is 37.8 Å². The highest BCUT2D eigenvalue weighted by Crippen LogP contribution is 2.28. The predicted molar refractivity (Wildman–Crippen MR) is 92.2 cm³/mol. The van der Waals surface area contributed by atoms with Crippen LogP contribution < -0.4 is 4.90 Å². The van der Waals surface area contributed by atoms with Gasteiger partial charge in [0.05, 0.1) is 18.7 Å². The third-order valence-electron chi connectivity index (χ3n) is 4.45. The van der Waals surface area contributed by atoms with Crippen molar-refractivity contribution in [2.24, 2.45) is 0 Å². The summed E-state index contributed by atoms with van der Waals surface area (Å²) >= 11 is 5.96. The van der Waals surface area contributed by atoms with Crippen LogP contribution in [0.15, 0.2) is 24.4 Å². The Kier molecular flexibility index (Phi) is 5.16. The quantitative estimate of drug-likeness (QED) is 0.675. The monoisotopic (exact) mass is 349 g/mol. The van der Waals surface area contributed by atoms with E-state index in [1.165, 1.54) is 7.11 Å². The number of anilines is 1. The van der Waals surface area contributed by atoms with E-state index in [9.17, 15) is 9.90 Å². The summed E-state index contributed by atoms with van der Waals surface area (Å²) in [6.07, 6.45) is 4.51. The molecule has 2 aromatic rings. The fourth-order valence-corrected chi connectivity index (χ4v) is 3.26. The molecule has 2 heterocycles. The standard InChI is InChI=1S/C17H20ClN3O3/c1-24-17(23)10-21(12-3-5-13(22)6-4-12)16-7-2-11-9-19-15(18)8-14(11)20-16/h2,7-9,12-13,22H,3-6,10H2,1H3. The Morgan fingerprint density at radius 3 is 2.83 bits per heavy atom. The number of aliphatic hydroxyl groups is 1. The molecule has 6 nitrogen and oxygen atoms in total. The number of nitrogens with zero attached hydrogens (tertiary/aromatic N) is 3. The molecule has 0 amide bonds. The molecule has 24 heavy (non-hydrogen) atoms. The van der Waals surface area contributed by atoms with Gasteiger partial charge >= 0.3 is 5.97 Å². The lowest BCUT2D eigenvalue weighted by Gasteiger charge is -2.36. The van der Waals surface area contributed by atoms with Gasteiger partial charge in [0.2, 0.25) is 0 Å². The lowest BCUT2D eigenvalue weighted by atomic mass is 9.92. The second kappa shape index (κ2) is 7.32. The third kappa shape index (κ3) is 3.76. The molecule has 1 saturated carbocycles. The maximum absolute atomic E-state index is 11.8. The first-order valence-corrected chi connectivity index (χ1v) is 8.38. The van der Waals surface area contributed by atoms with Gasteiger partial charge in [0.25, 0.3) is 0 Å². The molecule has 1 aliphatic rings. The number of hydrogen-bond acceptors (Lipinski definition) is 6. The van der Waals surface area contributed by atoms with Crippen molar-refractivity contribution in [2.75, 3.05) is 18.6 Å². The topological polar surface area (TPSA) is 75.5 Å². The molecule has 0 aliphatic heterocycles. The number of aliphatic hydroxyl groups excluding tert-OH is 1. The Morgan fingerprint density at radius 2 is 2.12 bits per heavy atom. The summed E-state index contributed by atoms with van der Waals surface area (Å²) in [4.78, 5) is 22.5. The first-order valence-electron chi connectivity index (χ1n) is 8.00. The third-order valence-corrected chi connectivity index (χ3v) is 4.66. The zero-order valence-corrected chi connectivity index (χ0v) is 14.2. The fourth-order valence-electron chi connectivity index (χ4n) is 3.11. The maximum Gasteiger partial charge on any atom is 0.325 e. The smallest absolute Gasteiger partial charge is 0.325 e. The Morgan fingerprint density at radius 1 is 1.38 bits per heavy atom. The molecule has 0 unspecified atom stereocenters. The van der Waals surface area contributed by atoms with Gasteiger partial charge in [-0.3, -0.25) is 4.79 Å². The molecule has 0 spiro atoms. The number of ether oxygens (including phenoxy) is 1. The number of aromatic nitrogens is 2. The average molecular weight is 350 g/mol. The summed E-state index contributed by atoms with van der Waals surface area (Å²) in [5, 5.41) is 11.0. The zero-order chi connectivity index (χ0) is 17.1. The number of pyridine rings is 2. The minimum Gasteiger partial charge on any atom is -0.468 e. The highest BCUT2D eigenvalue weighted by atomic mass is 35.5. The van der Waals surface area contributed by atoms with Crippen LogP contribution in [-0.4, -0.2) is 46.8 Å². The molecule has 1 N–H and O–H groups in total. The SMILES string of the molecule is COC(=O)CN(c1ccc2cnc(Cl)cc2n1)C1CCC(O)CC1. The molecule has 0 aromatic carbocycles. The number of rotatable bonds is 4. The van der Waals surface area contributed by atoms with E-state index in [2.05, 4.69) is 9.97 Å². The van der Waals surface area contributed by atoms with E-state index in [1.54, 1.807) is 12.3 Å². The number of esters is 1. The van der Waals surface area contributed by atoms with Gasteiger partial charge < -0.3 is 14.7 Å². The van der Waals surface area contributed by atoms with Crippen molar-refractivity contribution >= 4 is 34.3 Å². The molecule has 0 atom stereocenters. The van der Waals surface area contributed by atoms with E-state index in [-0.39, 0.29) is 24.7 Å². The zero-order valence-electron chi connectivity index (χ0n) is 13.5. The molecule has 0 saturated heterocycles. The highest BCUT2D eigenvalue weighted by molar-refractivity contribution is 6.30. The highest BCUT2D eigenvalue weighted by Gasteiger charge is 2.27. The minimum absolute atomic E-state index is 0.134. The molecule has 1 aliphatic carbocycles. The molecular weight excluding hydrogens is 330 g/mol. The number of carbonyl (C=O) groups excluding carboxylic acids is 1. The summed E-state index contributed by atoms with van der Waals surface area (Å²) in [7, 11) is 1.38. The molecular formula is C17H20ClN3O3. The predicted octanol–water partition coefficient (Wildman–Crippen LogP) is 2.57. The molecule has 1 fully saturated rings. The Hall–Kier alpha value is -1.92. The first-order chi connectivity index (χ1) is 11.6. The van der Waals surface area contributed by atoms with E-state index < -0.39 is 0 Å². The Labute approximate surface area is 145 Å². The van der Waals surface area contributed by atoms with Crippen molar-refractivity contribution in [1.82, 2.24) is 9.97 Å². The summed E-state index contributed by atoms with van der Waals surface area (Å²) in [5.41, 5.74) is 0.734. The molecule has 128 valence electrons. The van der Waals surface area contributed by atoms with Gasteiger partial charge in [0.15, 0.2) is 0 Å². The van der Waals surface area contributed by atoms with Crippen molar-refractivity contribution in [1.29, 1.82) is 0 Å². The van der Waals surface area contributed by atoms with E-state index in [0.717, 1.165) is 36.6 Å². The molecule has 7 heteroatoms. The Balaban J connectivity index is 1.93. The second-order valence-electron chi connectivity index (χ2n) is 6.04. The van der Waals surface area contributed by atoms with E-state index in [0.29, 0.717) is 11.0 Å². The van der Waals surface area contributed by atoms with Gasteiger partial charge in [-0.15, -0.1) is 0 Å². The van der Waals surface area contributed by atoms with Gasteiger partial charge in [-0.1, -0.05) is 11.6 Å². The van der Waals surface area contributed by atoms with Crippen molar-refractivity contribution < 1.29 is 14.6 Å². The number of halogens is 1. The number of carbonyl (C=O) groups is 1. The van der Waals surface area contributed by atoms with Crippen LogP contribution in [0.1, 0.15) is 25.7 Å². The fraction of sp³-hybridized carbons (Fsp3) is 0.471. The first kappa shape index (κ1) is 16.9. The summed E-state index contributed by atoms with van der Waals surface area (Å²) in [5.74, 6) is 0.396. The van der Waals surface area contributed by atoms with Gasteiger partial charge in [0.1, 0.15) is 17.5 Å². The van der Waals surface area contributed by atoms with Gasteiger partial charge in [-0.05, 0) is 37.8 Å². The minimum atomic E-state index is -0.309. The number of fused-ring (bicyclic) bond motifs is 1. The van der Waals surface area contributed by atoms with Crippen LogP contribution in [-0.2, 0) is 9.53 Å². The van der Waals surface area contributed by atoms with Crippen LogP contribution in [0.4, 0.5) is 5.82 Å². The molecule has 3 rings (SSSR count). The van der Waals surface area contributed by atoms with Gasteiger partial charge in [-0.25, -0.2) is 9.97 Å². The van der Waals surface area contributed by atoms with Crippen LogP contribution in [0.5, 0.6) is 0 Å². The van der Waals surface area contributed by atoms with Crippen molar-refractivity contribution in [3.8, 4) is 0 Å². The molecule has 0 radical (unpaired) electrons. The van der Waals surface area contributed by atoms with Crippen LogP contribution in [0.2, 0.25) is 5.15 Å². The summed E-state index contributed by atoms with van der Waals surface area (Å²) in [6.45, 7) is 0.134. The van der Waals surface area contributed by atoms with Crippen LogP contribution in [0.25, 0.3) is 10.9 Å². The van der Waals surface area contributed by atoms with Gasteiger partial charge in [-0.2, -0.15) is 0 Å². The molecule has 2 aromatic heterocycles. The normalized spacial score (nSPS) is 20.8. The van der Waals surface area contributed by atoms with Crippen LogP contribution >= 0.6 is 11.6 Å².